The van der Waals surface area contributed by atoms with Crippen molar-refractivity contribution in [2.75, 3.05) is 32.1 Å². The van der Waals surface area contributed by atoms with Gasteiger partial charge < -0.3 is 4.90 Å². The van der Waals surface area contributed by atoms with Crippen LogP contribution in [0.1, 0.15) is 31.2 Å². The quantitative estimate of drug-likeness (QED) is 0.190. The number of carbonyl (C=O) groups is 1. The summed E-state index contributed by atoms with van der Waals surface area (Å²) < 4.78 is 21.6. The van der Waals surface area contributed by atoms with E-state index in [-0.39, 0.29) is 0 Å². The summed E-state index contributed by atoms with van der Waals surface area (Å²) in [6.45, 7) is 2.65. The number of carbonyl (C=O) groups excluding carboxylic acids is 1. The van der Waals surface area contributed by atoms with Crippen molar-refractivity contribution in [3.63, 3.8) is 0 Å². The van der Waals surface area contributed by atoms with Crippen molar-refractivity contribution in [3.8, 4) is 0 Å². The fourth-order valence-electron chi connectivity index (χ4n) is 3.02. The van der Waals surface area contributed by atoms with Crippen LogP contribution in [0.2, 0.25) is 0 Å². The third-order valence-corrected chi connectivity index (χ3v) is 5.07. The number of hydrazone groups is 1. The average Bonchev–Trinajstić information content (AvgIpc) is 2.64. The molecule has 7 nitrogen and oxygen atoms in total. The summed E-state index contributed by atoms with van der Waals surface area (Å²) in [5.74, 6) is 0.529. The molecular formula is C18H28N4O3S. The van der Waals surface area contributed by atoms with Crippen molar-refractivity contribution in [3.05, 3.63) is 29.8 Å². The van der Waals surface area contributed by atoms with Crippen LogP contribution in [0, 0.1) is 5.92 Å². The Morgan fingerprint density at radius 2 is 2.04 bits per heavy atom. The number of anilines is 1. The van der Waals surface area contributed by atoms with Crippen LogP contribution in [-0.2, 0) is 22.5 Å². The lowest BCUT2D eigenvalue weighted by molar-refractivity contribution is -0.102. The highest BCUT2D eigenvalue weighted by molar-refractivity contribution is 7.77. The first-order valence-corrected chi connectivity index (χ1v) is 10.1. The number of benzene rings is 1. The van der Waals surface area contributed by atoms with E-state index in [1.54, 1.807) is 0 Å². The van der Waals surface area contributed by atoms with Gasteiger partial charge in [-0.1, -0.05) is 12.1 Å². The number of aryl methyl sites for hydroxylation is 1. The van der Waals surface area contributed by atoms with Crippen LogP contribution >= 0.6 is 0 Å². The first-order valence-electron chi connectivity index (χ1n) is 8.96. The maximum atomic E-state index is 11.3. The van der Waals surface area contributed by atoms with E-state index in [9.17, 15) is 9.00 Å². The minimum atomic E-state index is -1.95. The minimum absolute atomic E-state index is 0.493. The number of likely N-dealkylation sites (tertiary alicyclic amines) is 1. The topological polar surface area (TPSA) is 94.0 Å². The second kappa shape index (κ2) is 11.2. The Hall–Kier alpha value is -1.61. The predicted molar refractivity (Wildman–Crippen MR) is 105 cm³/mol. The van der Waals surface area contributed by atoms with Gasteiger partial charge in [-0.15, -0.1) is 0 Å². The Morgan fingerprint density at radius 1 is 1.35 bits per heavy atom. The van der Waals surface area contributed by atoms with E-state index in [1.165, 1.54) is 0 Å². The average molecular weight is 381 g/mol. The minimum Gasteiger partial charge on any atom is -0.306 e. The number of hydrogen-bond donors (Lipinski definition) is 3. The summed E-state index contributed by atoms with van der Waals surface area (Å²) in [5.41, 5.74) is 5.51. The highest BCUT2D eigenvalue weighted by atomic mass is 32.2. The molecule has 1 heterocycles. The highest BCUT2D eigenvalue weighted by Gasteiger charge is 2.18. The van der Waals surface area contributed by atoms with E-state index in [1.807, 2.05) is 24.3 Å². The van der Waals surface area contributed by atoms with E-state index < -0.39 is 11.3 Å². The van der Waals surface area contributed by atoms with Crippen molar-refractivity contribution in [2.24, 2.45) is 11.0 Å². The van der Waals surface area contributed by atoms with E-state index in [0.29, 0.717) is 18.2 Å². The van der Waals surface area contributed by atoms with Gasteiger partial charge in [0.2, 0.25) is 11.3 Å². The van der Waals surface area contributed by atoms with Crippen LogP contribution in [0.3, 0.4) is 0 Å². The van der Waals surface area contributed by atoms with E-state index in [4.69, 9.17) is 4.55 Å². The monoisotopic (exact) mass is 380 g/mol. The first kappa shape index (κ1) is 20.7. The Morgan fingerprint density at radius 3 is 2.65 bits per heavy atom. The molecule has 1 aliphatic heterocycles. The van der Waals surface area contributed by atoms with Gasteiger partial charge in [-0.2, -0.15) is 5.10 Å². The number of rotatable bonds is 10. The molecular weight excluding hydrogens is 352 g/mol. The fourth-order valence-corrected chi connectivity index (χ4v) is 3.34. The fraction of sp³-hybridized carbons (Fsp3) is 0.556. The Balaban J connectivity index is 1.78. The molecule has 1 aromatic carbocycles. The molecule has 1 fully saturated rings. The molecule has 1 unspecified atom stereocenters. The molecule has 8 heteroatoms. The van der Waals surface area contributed by atoms with Crippen molar-refractivity contribution >= 4 is 29.0 Å². The molecule has 1 aromatic rings. The van der Waals surface area contributed by atoms with Gasteiger partial charge in [0, 0.05) is 6.54 Å². The summed E-state index contributed by atoms with van der Waals surface area (Å²) in [5, 5.41) is 4.26. The van der Waals surface area contributed by atoms with Crippen LogP contribution in [0.4, 0.5) is 5.69 Å². The summed E-state index contributed by atoms with van der Waals surface area (Å²) in [7, 11) is 2.13. The molecule has 0 amide bonds. The molecule has 0 spiro atoms. The molecule has 1 atom stereocenters. The highest BCUT2D eigenvalue weighted by Crippen LogP contribution is 2.20. The van der Waals surface area contributed by atoms with Crippen LogP contribution in [0.5, 0.6) is 0 Å². The standard InChI is InChI=1S/C18H28N4O3S/c1-22-11-8-16(9-12-22)13-18(14-23)21-20-17-6-4-15(5-7-17)3-2-10-19-26(24)25/h4-7,14,16,19-20H,2-3,8-13H2,1H3,(H,24,25)/b21-18+. The van der Waals surface area contributed by atoms with Gasteiger partial charge in [0.15, 0.2) is 6.29 Å². The molecule has 144 valence electrons. The third-order valence-electron chi connectivity index (χ3n) is 4.62. The second-order valence-electron chi connectivity index (χ2n) is 6.73. The SMILES string of the molecule is CN1CCC(C/C(C=O)=N\Nc2ccc(CCCNS(=O)O)cc2)CC1. The normalized spacial score (nSPS) is 17.8. The van der Waals surface area contributed by atoms with Crippen LogP contribution < -0.4 is 10.1 Å². The number of nitrogens with zero attached hydrogens (tertiary/aromatic N) is 2. The number of hydrogen-bond acceptors (Lipinski definition) is 5. The lowest BCUT2D eigenvalue weighted by Crippen LogP contribution is -2.31. The Bertz CT molecular complexity index is 613. The van der Waals surface area contributed by atoms with Crippen molar-refractivity contribution in [2.45, 2.75) is 32.1 Å². The summed E-state index contributed by atoms with van der Waals surface area (Å²) in [6.07, 6.45) is 5.39. The predicted octanol–water partition coefficient (Wildman–Crippen LogP) is 2.04. The summed E-state index contributed by atoms with van der Waals surface area (Å²) in [6, 6.07) is 7.83. The molecule has 0 aliphatic carbocycles. The second-order valence-corrected chi connectivity index (χ2v) is 7.51. The molecule has 3 N–H and O–H groups in total. The van der Waals surface area contributed by atoms with Crippen LogP contribution in [-0.4, -0.2) is 52.3 Å². The van der Waals surface area contributed by atoms with Gasteiger partial charge in [0.05, 0.1) is 5.69 Å². The zero-order chi connectivity index (χ0) is 18.8. The van der Waals surface area contributed by atoms with Crippen LogP contribution in [0.15, 0.2) is 29.4 Å². The summed E-state index contributed by atoms with van der Waals surface area (Å²) in [4.78, 5) is 13.6. The van der Waals surface area contributed by atoms with Gasteiger partial charge in [-0.3, -0.25) is 14.8 Å². The number of aldehydes is 1. The third kappa shape index (κ3) is 7.74. The van der Waals surface area contributed by atoms with Crippen molar-refractivity contribution < 1.29 is 13.6 Å². The molecule has 1 saturated heterocycles. The molecule has 26 heavy (non-hydrogen) atoms. The van der Waals surface area contributed by atoms with Gasteiger partial charge in [0.25, 0.3) is 0 Å². The molecule has 1 aliphatic rings. The van der Waals surface area contributed by atoms with Gasteiger partial charge >= 0.3 is 0 Å². The lowest BCUT2D eigenvalue weighted by Gasteiger charge is -2.28. The largest absolute Gasteiger partial charge is 0.306 e. The van der Waals surface area contributed by atoms with Crippen LogP contribution in [0.25, 0.3) is 0 Å². The van der Waals surface area contributed by atoms with Gasteiger partial charge in [0.1, 0.15) is 5.71 Å². The lowest BCUT2D eigenvalue weighted by atomic mass is 9.92. The first-order chi connectivity index (χ1) is 12.6. The number of piperidine rings is 1. The number of nitrogens with one attached hydrogen (secondary N) is 2. The molecule has 0 radical (unpaired) electrons. The maximum Gasteiger partial charge on any atom is 0.231 e. The maximum absolute atomic E-state index is 11.3. The van der Waals surface area contributed by atoms with E-state index >= 15 is 0 Å². The Kier molecular flexibility index (Phi) is 8.90. The molecule has 0 saturated carbocycles. The molecule has 0 aromatic heterocycles. The molecule has 2 rings (SSSR count). The molecule has 0 bridgehead atoms. The van der Waals surface area contributed by atoms with Gasteiger partial charge in [-0.05, 0) is 75.9 Å². The zero-order valence-electron chi connectivity index (χ0n) is 15.2. The van der Waals surface area contributed by atoms with Crippen molar-refractivity contribution in [1.29, 1.82) is 0 Å². The Labute approximate surface area is 157 Å². The zero-order valence-corrected chi connectivity index (χ0v) is 16.0. The van der Waals surface area contributed by atoms with E-state index in [2.05, 4.69) is 27.2 Å². The summed E-state index contributed by atoms with van der Waals surface area (Å²) >= 11 is -1.95. The van der Waals surface area contributed by atoms with Gasteiger partial charge in [-0.25, -0.2) is 8.93 Å². The smallest absolute Gasteiger partial charge is 0.231 e. The van der Waals surface area contributed by atoms with Crippen molar-refractivity contribution in [1.82, 2.24) is 9.62 Å². The van der Waals surface area contributed by atoms with E-state index in [0.717, 1.165) is 62.7 Å².